The van der Waals surface area contributed by atoms with Crippen LogP contribution in [-0.2, 0) is 14.8 Å². The number of hydrogen-bond acceptors (Lipinski definition) is 5. The number of benzene rings is 1. The summed E-state index contributed by atoms with van der Waals surface area (Å²) in [4.78, 5) is 17.2. The molecule has 1 N–H and O–H groups in total. The van der Waals surface area contributed by atoms with E-state index in [1.54, 1.807) is 34.8 Å². The van der Waals surface area contributed by atoms with Crippen LogP contribution in [0, 0.1) is 5.92 Å². The van der Waals surface area contributed by atoms with Crippen molar-refractivity contribution in [2.45, 2.75) is 62.6 Å². The summed E-state index contributed by atoms with van der Waals surface area (Å²) in [7, 11) is -3.68. The maximum atomic E-state index is 13.2. The van der Waals surface area contributed by atoms with E-state index in [0.29, 0.717) is 24.9 Å². The average molecular weight is 430 g/mol. The van der Waals surface area contributed by atoms with Crippen LogP contribution in [0.15, 0.2) is 53.7 Å². The third-order valence-corrected chi connectivity index (χ3v) is 7.76. The van der Waals surface area contributed by atoms with Crippen LogP contribution in [0.4, 0.5) is 5.69 Å². The first-order valence-electron chi connectivity index (χ1n) is 10.4. The van der Waals surface area contributed by atoms with E-state index >= 15 is 0 Å². The Balaban J connectivity index is 1.50. The Hall–Kier alpha value is -2.45. The Kier molecular flexibility index (Phi) is 5.79. The summed E-state index contributed by atoms with van der Waals surface area (Å²) >= 11 is 0. The van der Waals surface area contributed by atoms with Crippen molar-refractivity contribution >= 4 is 21.6 Å². The smallest absolute Gasteiger partial charge is 0.245 e. The third-order valence-electron chi connectivity index (χ3n) is 5.80. The highest BCUT2D eigenvalue weighted by atomic mass is 32.2. The number of nitrogens with zero attached hydrogens (tertiary/aromatic N) is 2. The number of amides is 1. The van der Waals surface area contributed by atoms with E-state index in [4.69, 9.17) is 4.74 Å². The van der Waals surface area contributed by atoms with Crippen LogP contribution in [-0.4, -0.2) is 41.8 Å². The summed E-state index contributed by atoms with van der Waals surface area (Å²) < 4.78 is 33.7. The molecule has 1 aromatic carbocycles. The molecule has 7 nitrogen and oxygen atoms in total. The minimum atomic E-state index is -3.68. The van der Waals surface area contributed by atoms with Crippen molar-refractivity contribution in [1.29, 1.82) is 0 Å². The van der Waals surface area contributed by atoms with Crippen LogP contribution in [0.5, 0.6) is 5.75 Å². The maximum Gasteiger partial charge on any atom is 0.245 e. The largest absolute Gasteiger partial charge is 0.491 e. The number of hydrogen-bond donors (Lipinski definition) is 1. The van der Waals surface area contributed by atoms with Gasteiger partial charge in [-0.25, -0.2) is 8.42 Å². The first-order chi connectivity index (χ1) is 14.4. The molecule has 2 aliphatic heterocycles. The third kappa shape index (κ3) is 4.06. The molecule has 1 amide bonds. The molecule has 30 heavy (non-hydrogen) atoms. The Bertz CT molecular complexity index is 993. The summed E-state index contributed by atoms with van der Waals surface area (Å²) in [6.07, 6.45) is 5.87. The van der Waals surface area contributed by atoms with Crippen molar-refractivity contribution in [2.24, 2.45) is 5.92 Å². The lowest BCUT2D eigenvalue weighted by molar-refractivity contribution is -0.122. The van der Waals surface area contributed by atoms with E-state index in [1.165, 1.54) is 6.20 Å². The van der Waals surface area contributed by atoms with Gasteiger partial charge in [-0.05, 0) is 75.9 Å². The molecule has 3 atom stereocenters. The quantitative estimate of drug-likeness (QED) is 0.760. The van der Waals surface area contributed by atoms with Gasteiger partial charge in [-0.2, -0.15) is 4.31 Å². The van der Waals surface area contributed by atoms with Crippen LogP contribution >= 0.6 is 0 Å². The lowest BCUT2D eigenvalue weighted by Gasteiger charge is -2.38. The fourth-order valence-electron chi connectivity index (χ4n) is 4.53. The number of rotatable bonds is 6. The lowest BCUT2D eigenvalue weighted by atomic mass is 9.91. The van der Waals surface area contributed by atoms with Crippen LogP contribution in [0.3, 0.4) is 0 Å². The number of piperidine rings is 1. The molecule has 2 bridgehead atoms. The molecule has 2 fully saturated rings. The van der Waals surface area contributed by atoms with E-state index in [1.807, 2.05) is 26.0 Å². The molecule has 2 saturated heterocycles. The highest BCUT2D eigenvalue weighted by molar-refractivity contribution is 7.89. The first-order valence-corrected chi connectivity index (χ1v) is 11.8. The van der Waals surface area contributed by atoms with Crippen LogP contribution < -0.4 is 10.1 Å². The van der Waals surface area contributed by atoms with E-state index in [-0.39, 0.29) is 34.9 Å². The summed E-state index contributed by atoms with van der Waals surface area (Å²) in [6.45, 7) is 3.91. The van der Waals surface area contributed by atoms with Gasteiger partial charge in [0.05, 0.1) is 12.0 Å². The van der Waals surface area contributed by atoms with Crippen LogP contribution in [0.25, 0.3) is 0 Å². The van der Waals surface area contributed by atoms with Crippen LogP contribution in [0.1, 0.15) is 39.5 Å². The molecule has 2 aliphatic rings. The molecule has 0 aliphatic carbocycles. The zero-order valence-corrected chi connectivity index (χ0v) is 18.0. The zero-order chi connectivity index (χ0) is 21.3. The highest BCUT2D eigenvalue weighted by Crippen LogP contribution is 2.43. The van der Waals surface area contributed by atoms with Crippen molar-refractivity contribution in [2.75, 3.05) is 5.32 Å². The number of ether oxygens (including phenoxy) is 1. The van der Waals surface area contributed by atoms with Crippen molar-refractivity contribution in [3.05, 3.63) is 48.8 Å². The fourth-order valence-corrected chi connectivity index (χ4v) is 6.43. The predicted octanol–water partition coefficient (Wildman–Crippen LogP) is 3.44. The molecule has 1 aromatic heterocycles. The number of carbonyl (C=O) groups excluding carboxylic acids is 1. The number of nitrogens with one attached hydrogen (secondary N) is 1. The molecule has 0 radical (unpaired) electrons. The van der Waals surface area contributed by atoms with E-state index in [9.17, 15) is 13.2 Å². The number of aromatic nitrogens is 1. The second kappa shape index (κ2) is 8.35. The number of anilines is 1. The van der Waals surface area contributed by atoms with Gasteiger partial charge >= 0.3 is 0 Å². The van der Waals surface area contributed by atoms with Crippen molar-refractivity contribution in [3.8, 4) is 5.75 Å². The molecule has 2 aromatic rings. The Morgan fingerprint density at radius 2 is 1.87 bits per heavy atom. The van der Waals surface area contributed by atoms with E-state index in [2.05, 4.69) is 10.3 Å². The minimum Gasteiger partial charge on any atom is -0.491 e. The van der Waals surface area contributed by atoms with E-state index in [0.717, 1.165) is 12.2 Å². The lowest BCUT2D eigenvalue weighted by Crippen LogP contribution is -2.51. The number of pyridine rings is 1. The van der Waals surface area contributed by atoms with Crippen molar-refractivity contribution in [3.63, 3.8) is 0 Å². The minimum absolute atomic E-state index is 0.0447. The monoisotopic (exact) mass is 429 g/mol. The van der Waals surface area contributed by atoms with Gasteiger partial charge in [0.2, 0.25) is 15.9 Å². The Labute approximate surface area is 177 Å². The molecule has 0 saturated carbocycles. The fraction of sp³-hybridized carbons (Fsp3) is 0.455. The maximum absolute atomic E-state index is 13.2. The molecular weight excluding hydrogens is 402 g/mol. The van der Waals surface area contributed by atoms with E-state index < -0.39 is 10.0 Å². The number of fused-ring (bicyclic) bond motifs is 2. The molecular formula is C22H27N3O4S. The van der Waals surface area contributed by atoms with Crippen LogP contribution in [0.2, 0.25) is 0 Å². The molecule has 4 rings (SSSR count). The van der Waals surface area contributed by atoms with Crippen molar-refractivity contribution < 1.29 is 17.9 Å². The molecule has 3 unspecified atom stereocenters. The summed E-state index contributed by atoms with van der Waals surface area (Å²) in [5, 5.41) is 2.96. The van der Waals surface area contributed by atoms with Gasteiger partial charge in [0.25, 0.3) is 0 Å². The van der Waals surface area contributed by atoms with Gasteiger partial charge in [-0.15, -0.1) is 0 Å². The molecule has 8 heteroatoms. The second-order valence-corrected chi connectivity index (χ2v) is 10.0. The van der Waals surface area contributed by atoms with Crippen molar-refractivity contribution in [1.82, 2.24) is 9.29 Å². The van der Waals surface area contributed by atoms with Gasteiger partial charge in [-0.3, -0.25) is 9.78 Å². The van der Waals surface area contributed by atoms with Gasteiger partial charge in [0.1, 0.15) is 10.6 Å². The number of sulfonamides is 1. The van der Waals surface area contributed by atoms with Gasteiger partial charge in [0.15, 0.2) is 0 Å². The molecule has 160 valence electrons. The average Bonchev–Trinajstić information content (AvgIpc) is 3.04. The summed E-state index contributed by atoms with van der Waals surface area (Å²) in [5.41, 5.74) is 0.679. The Morgan fingerprint density at radius 1 is 1.13 bits per heavy atom. The van der Waals surface area contributed by atoms with Gasteiger partial charge in [0, 0.05) is 30.2 Å². The zero-order valence-electron chi connectivity index (χ0n) is 17.2. The second-order valence-electron chi connectivity index (χ2n) is 8.19. The highest BCUT2D eigenvalue weighted by Gasteiger charge is 2.50. The topological polar surface area (TPSA) is 88.6 Å². The molecule has 0 spiro atoms. The summed E-state index contributed by atoms with van der Waals surface area (Å²) in [5.74, 6) is 0.235. The predicted molar refractivity (Wildman–Crippen MR) is 114 cm³/mol. The standard InChI is InChI=1S/C22H27N3O4S/c1-15(2)29-18-9-5-16(6-10-18)24-22(26)20-11-7-17-8-12-21(20)25(17)30(27,28)19-4-3-13-23-14-19/h3-6,9-10,13-15,17,20-21H,7-8,11-12H2,1-2H3,(H,24,26). The Morgan fingerprint density at radius 3 is 2.53 bits per heavy atom. The van der Waals surface area contributed by atoms with Gasteiger partial charge < -0.3 is 10.1 Å². The van der Waals surface area contributed by atoms with Gasteiger partial charge in [-0.1, -0.05) is 0 Å². The SMILES string of the molecule is CC(C)Oc1ccc(NC(=O)C2CCC3CCC2N3S(=O)(=O)c2cccnc2)cc1. The number of carbonyl (C=O) groups is 1. The normalized spacial score (nSPS) is 24.0. The first kappa shape index (κ1) is 20.8. The summed E-state index contributed by atoms with van der Waals surface area (Å²) in [6, 6.07) is 10.1. The molecule has 3 heterocycles.